The molecule has 0 aromatic heterocycles. The second kappa shape index (κ2) is 13.2. The van der Waals surface area contributed by atoms with Gasteiger partial charge >= 0.3 is 11.9 Å². The van der Waals surface area contributed by atoms with Crippen LogP contribution in [-0.4, -0.2) is 69.9 Å². The van der Waals surface area contributed by atoms with Crippen LogP contribution in [0.2, 0.25) is 0 Å². The first-order valence-electron chi connectivity index (χ1n) is 9.64. The Balaban J connectivity index is 5.07. The van der Waals surface area contributed by atoms with Gasteiger partial charge in [-0.2, -0.15) is 0 Å². The Morgan fingerprint density at radius 2 is 1.39 bits per heavy atom. The average Bonchev–Trinajstić information content (AvgIpc) is 2.63. The van der Waals surface area contributed by atoms with E-state index >= 15 is 0 Å². The van der Waals surface area contributed by atoms with Crippen molar-refractivity contribution in [1.82, 2.24) is 16.0 Å². The monoisotopic (exact) mass is 445 g/mol. The molecule has 9 N–H and O–H groups in total. The van der Waals surface area contributed by atoms with Crippen molar-refractivity contribution in [1.29, 1.82) is 0 Å². The van der Waals surface area contributed by atoms with Crippen LogP contribution in [0.15, 0.2) is 0 Å². The molecule has 0 rings (SSSR count). The molecular weight excluding hydrogens is 414 g/mol. The Morgan fingerprint density at radius 3 is 1.84 bits per heavy atom. The van der Waals surface area contributed by atoms with E-state index in [0.717, 1.165) is 0 Å². The number of primary amides is 1. The number of carboxylic acid groups (broad SMARTS) is 2. The van der Waals surface area contributed by atoms with Gasteiger partial charge in [-0.05, 0) is 25.7 Å². The Morgan fingerprint density at radius 1 is 0.839 bits per heavy atom. The molecule has 4 amide bonds. The molecular formula is C18H31N5O8. The smallest absolute Gasteiger partial charge is 0.326 e. The minimum absolute atomic E-state index is 0.0256. The normalized spacial score (nSPS) is 14.6. The van der Waals surface area contributed by atoms with Gasteiger partial charge in [0.05, 0.1) is 12.5 Å². The van der Waals surface area contributed by atoms with E-state index in [2.05, 4.69) is 16.0 Å². The van der Waals surface area contributed by atoms with Crippen LogP contribution >= 0.6 is 0 Å². The lowest BCUT2D eigenvalue weighted by molar-refractivity contribution is -0.143. The van der Waals surface area contributed by atoms with Crippen LogP contribution in [0.1, 0.15) is 46.5 Å². The van der Waals surface area contributed by atoms with Gasteiger partial charge in [-0.3, -0.25) is 24.0 Å². The van der Waals surface area contributed by atoms with Crippen molar-refractivity contribution in [2.45, 2.75) is 70.6 Å². The number of amides is 4. The third kappa shape index (κ3) is 11.5. The summed E-state index contributed by atoms with van der Waals surface area (Å²) in [5.74, 6) is -5.83. The minimum atomic E-state index is -1.55. The summed E-state index contributed by atoms with van der Waals surface area (Å²) in [6.45, 7) is 4.89. The van der Waals surface area contributed by atoms with Gasteiger partial charge in [-0.15, -0.1) is 0 Å². The number of rotatable bonds is 14. The fraction of sp³-hybridized carbons (Fsp3) is 0.667. The second-order valence-corrected chi connectivity index (χ2v) is 7.53. The fourth-order valence-corrected chi connectivity index (χ4v) is 2.47. The fourth-order valence-electron chi connectivity index (χ4n) is 2.47. The third-order valence-electron chi connectivity index (χ3n) is 4.12. The van der Waals surface area contributed by atoms with E-state index < -0.39 is 66.2 Å². The zero-order chi connectivity index (χ0) is 24.3. The van der Waals surface area contributed by atoms with E-state index in [4.69, 9.17) is 21.7 Å². The molecule has 176 valence electrons. The van der Waals surface area contributed by atoms with Crippen molar-refractivity contribution in [2.75, 3.05) is 0 Å². The summed E-state index contributed by atoms with van der Waals surface area (Å²) in [6, 6.07) is -4.93. The first-order valence-corrected chi connectivity index (χ1v) is 9.64. The Hall–Kier alpha value is -3.22. The van der Waals surface area contributed by atoms with E-state index in [0.29, 0.717) is 0 Å². The quantitative estimate of drug-likeness (QED) is 0.151. The third-order valence-corrected chi connectivity index (χ3v) is 4.12. The van der Waals surface area contributed by atoms with Gasteiger partial charge in [-0.25, -0.2) is 4.79 Å². The first kappa shape index (κ1) is 27.8. The molecule has 0 aromatic rings. The van der Waals surface area contributed by atoms with Crippen LogP contribution < -0.4 is 27.4 Å². The molecule has 0 saturated carbocycles. The molecule has 4 atom stereocenters. The van der Waals surface area contributed by atoms with E-state index in [1.807, 2.05) is 0 Å². The number of hydrogen-bond acceptors (Lipinski definition) is 7. The van der Waals surface area contributed by atoms with Gasteiger partial charge in [0.1, 0.15) is 18.1 Å². The van der Waals surface area contributed by atoms with Gasteiger partial charge in [0, 0.05) is 6.42 Å². The van der Waals surface area contributed by atoms with Gasteiger partial charge in [0.2, 0.25) is 23.6 Å². The van der Waals surface area contributed by atoms with Gasteiger partial charge in [0.15, 0.2) is 0 Å². The van der Waals surface area contributed by atoms with Gasteiger partial charge in [-0.1, -0.05) is 13.8 Å². The molecule has 0 aromatic carbocycles. The highest BCUT2D eigenvalue weighted by Gasteiger charge is 2.29. The predicted molar refractivity (Wildman–Crippen MR) is 107 cm³/mol. The number of carbonyl (C=O) groups is 6. The Bertz CT molecular complexity index is 696. The Kier molecular flexibility index (Phi) is 11.8. The van der Waals surface area contributed by atoms with E-state index in [-0.39, 0.29) is 25.2 Å². The van der Waals surface area contributed by atoms with E-state index in [1.165, 1.54) is 6.92 Å². The molecule has 0 aliphatic carbocycles. The molecule has 0 fully saturated rings. The average molecular weight is 445 g/mol. The largest absolute Gasteiger partial charge is 0.481 e. The highest BCUT2D eigenvalue weighted by Crippen LogP contribution is 2.07. The number of aliphatic carboxylic acids is 2. The summed E-state index contributed by atoms with van der Waals surface area (Å²) in [4.78, 5) is 69.6. The maximum atomic E-state index is 12.6. The zero-order valence-corrected chi connectivity index (χ0v) is 17.7. The summed E-state index contributed by atoms with van der Waals surface area (Å²) in [5.41, 5.74) is 10.6. The van der Waals surface area contributed by atoms with Crippen LogP contribution in [0.4, 0.5) is 0 Å². The van der Waals surface area contributed by atoms with Crippen LogP contribution in [0, 0.1) is 5.92 Å². The molecule has 13 nitrogen and oxygen atoms in total. The van der Waals surface area contributed by atoms with Crippen molar-refractivity contribution in [3.8, 4) is 0 Å². The topological polar surface area (TPSA) is 231 Å². The highest BCUT2D eigenvalue weighted by molar-refractivity contribution is 5.94. The van der Waals surface area contributed by atoms with Gasteiger partial charge < -0.3 is 37.6 Å². The molecule has 0 bridgehead atoms. The number of hydrogen-bond donors (Lipinski definition) is 7. The lowest BCUT2D eigenvalue weighted by atomic mass is 10.0. The first-order chi connectivity index (χ1) is 14.2. The predicted octanol–water partition coefficient (Wildman–Crippen LogP) is -2.34. The van der Waals surface area contributed by atoms with Crippen LogP contribution in [0.5, 0.6) is 0 Å². The van der Waals surface area contributed by atoms with Crippen LogP contribution in [0.3, 0.4) is 0 Å². The van der Waals surface area contributed by atoms with E-state index in [9.17, 15) is 28.8 Å². The van der Waals surface area contributed by atoms with Crippen molar-refractivity contribution in [3.05, 3.63) is 0 Å². The van der Waals surface area contributed by atoms with Gasteiger partial charge in [0.25, 0.3) is 0 Å². The van der Waals surface area contributed by atoms with Crippen molar-refractivity contribution in [3.63, 3.8) is 0 Å². The number of nitrogens with two attached hydrogens (primary N) is 2. The Labute approximate surface area is 179 Å². The number of carbonyl (C=O) groups excluding carboxylic acids is 4. The molecule has 0 saturated heterocycles. The second-order valence-electron chi connectivity index (χ2n) is 7.53. The molecule has 0 aliphatic heterocycles. The molecule has 0 aliphatic rings. The lowest BCUT2D eigenvalue weighted by Gasteiger charge is -2.24. The van der Waals surface area contributed by atoms with E-state index in [1.54, 1.807) is 13.8 Å². The SMILES string of the molecule is CC(C)CC(NC(=O)C(N)CCC(=O)O)C(=O)NC(C)C(=O)NC(CC(N)=O)C(=O)O. The summed E-state index contributed by atoms with van der Waals surface area (Å²) in [7, 11) is 0. The standard InChI is InChI=1S/C18H31N5O8/c1-8(2)6-11(22-16(28)10(19)4-5-14(25)26)17(29)21-9(3)15(27)23-12(18(30)31)7-13(20)24/h8-12H,4-7,19H2,1-3H3,(H2,20,24)(H,21,29)(H,22,28)(H,23,27)(H,25,26)(H,30,31). The maximum absolute atomic E-state index is 12.6. The molecule has 13 heteroatoms. The highest BCUT2D eigenvalue weighted by atomic mass is 16.4. The molecule has 0 heterocycles. The summed E-state index contributed by atoms with van der Waals surface area (Å²) in [6.07, 6.45) is -0.853. The molecule has 31 heavy (non-hydrogen) atoms. The molecule has 0 radical (unpaired) electrons. The maximum Gasteiger partial charge on any atom is 0.326 e. The number of carboxylic acids is 2. The van der Waals surface area contributed by atoms with Crippen molar-refractivity contribution in [2.24, 2.45) is 17.4 Å². The summed E-state index contributed by atoms with van der Waals surface area (Å²) >= 11 is 0. The van der Waals surface area contributed by atoms with Crippen molar-refractivity contribution >= 4 is 35.6 Å². The zero-order valence-electron chi connectivity index (χ0n) is 17.7. The van der Waals surface area contributed by atoms with Crippen LogP contribution in [0.25, 0.3) is 0 Å². The summed E-state index contributed by atoms with van der Waals surface area (Å²) in [5, 5.41) is 24.6. The van der Waals surface area contributed by atoms with Crippen molar-refractivity contribution < 1.29 is 39.0 Å². The summed E-state index contributed by atoms with van der Waals surface area (Å²) < 4.78 is 0. The minimum Gasteiger partial charge on any atom is -0.481 e. The number of nitrogens with one attached hydrogen (secondary N) is 3. The lowest BCUT2D eigenvalue weighted by Crippen LogP contribution is -2.56. The van der Waals surface area contributed by atoms with Crippen LogP contribution in [-0.2, 0) is 28.8 Å². The molecule has 0 spiro atoms. The molecule has 4 unspecified atom stereocenters.